The molecule has 2 N–H and O–H groups in total. The molecule has 1 aromatic rings. The minimum Gasteiger partial charge on any atom is -0.493 e. The van der Waals surface area contributed by atoms with E-state index in [4.69, 9.17) is 14.6 Å². The molecule has 0 bridgehead atoms. The Morgan fingerprint density at radius 3 is 2.63 bits per heavy atom. The lowest BCUT2D eigenvalue weighted by atomic mass is 9.97. The highest BCUT2D eigenvalue weighted by molar-refractivity contribution is 5.71. The highest BCUT2D eigenvalue weighted by Crippen LogP contribution is 2.39. The van der Waals surface area contributed by atoms with Crippen molar-refractivity contribution in [3.8, 4) is 11.5 Å². The molecule has 1 aliphatic heterocycles. The zero-order chi connectivity index (χ0) is 14.0. The highest BCUT2D eigenvalue weighted by atomic mass is 16.5. The van der Waals surface area contributed by atoms with E-state index < -0.39 is 5.97 Å². The predicted molar refractivity (Wildman–Crippen MR) is 70.8 cm³/mol. The highest BCUT2D eigenvalue weighted by Gasteiger charge is 2.32. The quantitative estimate of drug-likeness (QED) is 0.868. The molecular formula is C14H19NO4. The van der Waals surface area contributed by atoms with Gasteiger partial charge in [0.25, 0.3) is 0 Å². The van der Waals surface area contributed by atoms with Gasteiger partial charge in [-0.3, -0.25) is 4.79 Å². The van der Waals surface area contributed by atoms with Crippen LogP contribution in [0.2, 0.25) is 0 Å². The number of carboxylic acids is 1. The molecule has 5 nitrogen and oxygen atoms in total. The maximum atomic E-state index is 11.0. The second-order valence-electron chi connectivity index (χ2n) is 4.82. The fourth-order valence-electron chi connectivity index (χ4n) is 2.56. The molecular weight excluding hydrogens is 246 g/mol. The van der Waals surface area contributed by atoms with Crippen molar-refractivity contribution in [3.05, 3.63) is 23.3 Å². The smallest absolute Gasteiger partial charge is 0.307 e. The average Bonchev–Trinajstić information content (AvgIpc) is 2.87. The maximum Gasteiger partial charge on any atom is 0.307 e. The van der Waals surface area contributed by atoms with Crippen molar-refractivity contribution in [1.82, 2.24) is 5.32 Å². The third-order valence-electron chi connectivity index (χ3n) is 3.51. The van der Waals surface area contributed by atoms with Crippen molar-refractivity contribution >= 4 is 5.97 Å². The monoisotopic (exact) mass is 265 g/mol. The molecule has 1 aliphatic rings. The number of benzene rings is 1. The first-order valence-electron chi connectivity index (χ1n) is 6.25. The van der Waals surface area contributed by atoms with Gasteiger partial charge in [0.2, 0.25) is 0 Å². The summed E-state index contributed by atoms with van der Waals surface area (Å²) in [4.78, 5) is 11.0. The van der Waals surface area contributed by atoms with Crippen LogP contribution in [0.4, 0.5) is 0 Å². The van der Waals surface area contributed by atoms with Gasteiger partial charge in [0.15, 0.2) is 11.5 Å². The van der Waals surface area contributed by atoms with E-state index in [-0.39, 0.29) is 12.0 Å². The van der Waals surface area contributed by atoms with Gasteiger partial charge >= 0.3 is 5.97 Å². The van der Waals surface area contributed by atoms with Gasteiger partial charge < -0.3 is 19.9 Å². The Morgan fingerprint density at radius 1 is 1.37 bits per heavy atom. The molecule has 2 unspecified atom stereocenters. The lowest BCUT2D eigenvalue weighted by molar-refractivity contribution is -0.141. The Kier molecular flexibility index (Phi) is 3.95. The number of carboxylic acid groups (broad SMARTS) is 1. The molecule has 0 radical (unpaired) electrons. The number of rotatable bonds is 4. The van der Waals surface area contributed by atoms with E-state index in [9.17, 15) is 4.79 Å². The molecule has 1 fully saturated rings. The summed E-state index contributed by atoms with van der Waals surface area (Å²) in [5, 5.41) is 12.3. The second kappa shape index (κ2) is 5.48. The van der Waals surface area contributed by atoms with Gasteiger partial charge in [-0.25, -0.2) is 0 Å². The maximum absolute atomic E-state index is 11.0. The van der Waals surface area contributed by atoms with Gasteiger partial charge in [0.05, 0.1) is 20.1 Å². The standard InChI is InChI=1S/C14H19NO4/c1-8-4-10(13(19-3)12(5-8)18-2)11-6-9(7-15-11)14(16)17/h4-5,9,11,15H,6-7H2,1-3H3,(H,16,17). The number of carbonyl (C=O) groups is 1. The normalized spacial score (nSPS) is 22.3. The largest absolute Gasteiger partial charge is 0.493 e. The molecule has 5 heteroatoms. The number of ether oxygens (including phenoxy) is 2. The number of aliphatic carboxylic acids is 1. The molecule has 0 spiro atoms. The van der Waals surface area contributed by atoms with E-state index >= 15 is 0 Å². The Bertz CT molecular complexity index is 487. The topological polar surface area (TPSA) is 67.8 Å². The molecule has 1 saturated heterocycles. The lowest BCUT2D eigenvalue weighted by Crippen LogP contribution is -2.17. The van der Waals surface area contributed by atoms with Crippen LogP contribution in [0, 0.1) is 12.8 Å². The van der Waals surface area contributed by atoms with Crippen LogP contribution in [0.15, 0.2) is 12.1 Å². The third-order valence-corrected chi connectivity index (χ3v) is 3.51. The molecule has 2 rings (SSSR count). The fraction of sp³-hybridized carbons (Fsp3) is 0.500. The van der Waals surface area contributed by atoms with Crippen molar-refractivity contribution < 1.29 is 19.4 Å². The summed E-state index contributed by atoms with van der Waals surface area (Å²) in [6, 6.07) is 3.92. The zero-order valence-electron chi connectivity index (χ0n) is 11.4. The van der Waals surface area contributed by atoms with Crippen molar-refractivity contribution in [2.45, 2.75) is 19.4 Å². The van der Waals surface area contributed by atoms with E-state index in [1.807, 2.05) is 19.1 Å². The number of hydrogen-bond acceptors (Lipinski definition) is 4. The van der Waals surface area contributed by atoms with Crippen molar-refractivity contribution in [1.29, 1.82) is 0 Å². The van der Waals surface area contributed by atoms with Crippen LogP contribution in [-0.2, 0) is 4.79 Å². The molecule has 19 heavy (non-hydrogen) atoms. The van der Waals surface area contributed by atoms with E-state index in [0.29, 0.717) is 24.5 Å². The predicted octanol–water partition coefficient (Wildman–Crippen LogP) is 1.75. The second-order valence-corrected chi connectivity index (χ2v) is 4.82. The molecule has 0 saturated carbocycles. The van der Waals surface area contributed by atoms with Gasteiger partial charge in [-0.1, -0.05) is 6.07 Å². The van der Waals surface area contributed by atoms with Crippen LogP contribution in [0.25, 0.3) is 0 Å². The molecule has 0 amide bonds. The minimum atomic E-state index is -0.756. The number of methoxy groups -OCH3 is 2. The van der Waals surface area contributed by atoms with Gasteiger partial charge in [-0.15, -0.1) is 0 Å². The van der Waals surface area contributed by atoms with Gasteiger partial charge in [-0.2, -0.15) is 0 Å². The molecule has 1 aromatic carbocycles. The van der Waals surface area contributed by atoms with Crippen LogP contribution < -0.4 is 14.8 Å². The zero-order valence-corrected chi connectivity index (χ0v) is 11.4. The van der Waals surface area contributed by atoms with Crippen LogP contribution in [0.3, 0.4) is 0 Å². The summed E-state index contributed by atoms with van der Waals surface area (Å²) in [7, 11) is 3.20. The van der Waals surface area contributed by atoms with Gasteiger partial charge in [0.1, 0.15) is 0 Å². The van der Waals surface area contributed by atoms with Crippen molar-refractivity contribution in [2.75, 3.05) is 20.8 Å². The summed E-state index contributed by atoms with van der Waals surface area (Å²) in [5.74, 6) is 0.254. The summed E-state index contributed by atoms with van der Waals surface area (Å²) < 4.78 is 10.7. The number of nitrogens with one attached hydrogen (secondary N) is 1. The van der Waals surface area contributed by atoms with Crippen LogP contribution in [0.5, 0.6) is 11.5 Å². The van der Waals surface area contributed by atoms with E-state index in [2.05, 4.69) is 5.32 Å². The van der Waals surface area contributed by atoms with Crippen LogP contribution in [-0.4, -0.2) is 31.8 Å². The molecule has 0 aliphatic carbocycles. The Balaban J connectivity index is 2.34. The van der Waals surface area contributed by atoms with E-state index in [1.165, 1.54) is 0 Å². The summed E-state index contributed by atoms with van der Waals surface area (Å²) in [5.41, 5.74) is 2.02. The van der Waals surface area contributed by atoms with Gasteiger partial charge in [-0.05, 0) is 25.0 Å². The Morgan fingerprint density at radius 2 is 2.11 bits per heavy atom. The van der Waals surface area contributed by atoms with Crippen LogP contribution in [0.1, 0.15) is 23.6 Å². The summed E-state index contributed by atoms with van der Waals surface area (Å²) in [6.07, 6.45) is 0.568. The van der Waals surface area contributed by atoms with E-state index in [0.717, 1.165) is 11.1 Å². The first kappa shape index (κ1) is 13.7. The minimum absolute atomic E-state index is 0.00940. The van der Waals surface area contributed by atoms with Crippen molar-refractivity contribution in [2.24, 2.45) is 5.92 Å². The average molecular weight is 265 g/mol. The Labute approximate surface area is 112 Å². The molecule has 0 aromatic heterocycles. The first-order valence-corrected chi connectivity index (χ1v) is 6.25. The summed E-state index contributed by atoms with van der Waals surface area (Å²) in [6.45, 7) is 2.47. The molecule has 1 heterocycles. The molecule has 2 atom stereocenters. The van der Waals surface area contributed by atoms with Crippen LogP contribution >= 0.6 is 0 Å². The molecule has 104 valence electrons. The van der Waals surface area contributed by atoms with E-state index in [1.54, 1.807) is 14.2 Å². The third kappa shape index (κ3) is 2.66. The van der Waals surface area contributed by atoms with Gasteiger partial charge in [0, 0.05) is 18.2 Å². The lowest BCUT2D eigenvalue weighted by Gasteiger charge is -2.18. The SMILES string of the molecule is COc1cc(C)cc(C2CC(C(=O)O)CN2)c1OC. The van der Waals surface area contributed by atoms with Crippen molar-refractivity contribution in [3.63, 3.8) is 0 Å². The Hall–Kier alpha value is -1.75. The summed E-state index contributed by atoms with van der Waals surface area (Å²) >= 11 is 0. The number of aryl methyl sites for hydroxylation is 1. The first-order chi connectivity index (χ1) is 9.06. The fourth-order valence-corrected chi connectivity index (χ4v) is 2.56. The number of hydrogen-bond donors (Lipinski definition) is 2.